The van der Waals surface area contributed by atoms with Gasteiger partial charge in [-0.05, 0) is 47.9 Å². The minimum Gasteiger partial charge on any atom is -0.493 e. The van der Waals surface area contributed by atoms with Gasteiger partial charge in [-0.3, -0.25) is 9.78 Å². The molecule has 4 nitrogen and oxygen atoms in total. The Bertz CT molecular complexity index is 713. The highest BCUT2D eigenvalue weighted by molar-refractivity contribution is 5.87. The Morgan fingerprint density at radius 3 is 3.00 bits per heavy atom. The molecule has 0 saturated carbocycles. The number of benzene rings is 1. The average Bonchev–Trinajstić information content (AvgIpc) is 3.07. The third kappa shape index (κ3) is 2.97. The minimum atomic E-state index is -0.176. The molecule has 0 saturated heterocycles. The van der Waals surface area contributed by atoms with Crippen molar-refractivity contribution in [1.29, 1.82) is 0 Å². The molecule has 2 aromatic rings. The smallest absolute Gasteiger partial charge is 0.246 e. The number of hydrogen-bond acceptors (Lipinski definition) is 3. The van der Waals surface area contributed by atoms with E-state index in [1.165, 1.54) is 11.6 Å². The molecule has 1 aliphatic heterocycles. The molecule has 0 radical (unpaired) electrons. The molecule has 0 aliphatic carbocycles. The summed E-state index contributed by atoms with van der Waals surface area (Å²) < 4.78 is 5.59. The van der Waals surface area contributed by atoms with Gasteiger partial charge in [0.15, 0.2) is 0 Å². The van der Waals surface area contributed by atoms with E-state index < -0.39 is 0 Å². The van der Waals surface area contributed by atoms with E-state index in [-0.39, 0.29) is 11.9 Å². The molecule has 1 amide bonds. The van der Waals surface area contributed by atoms with E-state index in [0.717, 1.165) is 29.9 Å². The first-order valence-corrected chi connectivity index (χ1v) is 7.83. The van der Waals surface area contributed by atoms with Gasteiger partial charge in [-0.2, -0.15) is 0 Å². The van der Waals surface area contributed by atoms with Crippen molar-refractivity contribution in [2.75, 3.05) is 13.2 Å². The first kappa shape index (κ1) is 15.3. The SMILES string of the molecule is C=CC(=O)N(CC)C(c1cccnc1)c1ccc2c(c1)CCO2. The molecule has 1 aliphatic rings. The van der Waals surface area contributed by atoms with E-state index in [9.17, 15) is 4.79 Å². The molecule has 118 valence electrons. The lowest BCUT2D eigenvalue weighted by molar-refractivity contribution is -0.127. The Kier molecular flexibility index (Phi) is 4.42. The normalized spacial score (nSPS) is 13.8. The summed E-state index contributed by atoms with van der Waals surface area (Å²) in [6.45, 7) is 6.92. The van der Waals surface area contributed by atoms with Crippen molar-refractivity contribution >= 4 is 5.91 Å². The number of hydrogen-bond donors (Lipinski definition) is 0. The van der Waals surface area contributed by atoms with Gasteiger partial charge in [0.1, 0.15) is 5.75 Å². The fraction of sp³-hybridized carbons (Fsp3) is 0.263. The number of ether oxygens (including phenoxy) is 1. The van der Waals surface area contributed by atoms with Gasteiger partial charge >= 0.3 is 0 Å². The number of fused-ring (bicyclic) bond motifs is 1. The molecule has 4 heteroatoms. The highest BCUT2D eigenvalue weighted by atomic mass is 16.5. The lowest BCUT2D eigenvalue weighted by Crippen LogP contribution is -2.34. The van der Waals surface area contributed by atoms with Crippen LogP contribution in [0.15, 0.2) is 55.4 Å². The Morgan fingerprint density at radius 2 is 2.30 bits per heavy atom. The maximum atomic E-state index is 12.3. The summed E-state index contributed by atoms with van der Waals surface area (Å²) in [5.74, 6) is 0.856. The summed E-state index contributed by atoms with van der Waals surface area (Å²) in [6.07, 6.45) is 5.82. The molecule has 2 heterocycles. The Hall–Kier alpha value is -2.62. The summed E-state index contributed by atoms with van der Waals surface area (Å²) in [5, 5.41) is 0. The zero-order valence-electron chi connectivity index (χ0n) is 13.2. The van der Waals surface area contributed by atoms with Gasteiger partial charge in [0, 0.05) is 25.4 Å². The predicted molar refractivity (Wildman–Crippen MR) is 89.3 cm³/mol. The number of nitrogens with zero attached hydrogens (tertiary/aromatic N) is 2. The van der Waals surface area contributed by atoms with E-state index in [4.69, 9.17) is 4.74 Å². The van der Waals surface area contributed by atoms with E-state index in [2.05, 4.69) is 17.6 Å². The number of carbonyl (C=O) groups excluding carboxylic acids is 1. The number of amides is 1. The van der Waals surface area contributed by atoms with Gasteiger partial charge < -0.3 is 9.64 Å². The van der Waals surface area contributed by atoms with Crippen LogP contribution in [0.4, 0.5) is 0 Å². The molecule has 1 atom stereocenters. The summed E-state index contributed by atoms with van der Waals surface area (Å²) in [5.41, 5.74) is 3.25. The van der Waals surface area contributed by atoms with Crippen molar-refractivity contribution in [3.05, 3.63) is 72.1 Å². The van der Waals surface area contributed by atoms with E-state index in [1.807, 2.05) is 42.3 Å². The molecule has 0 bridgehead atoms. The molecule has 1 aromatic heterocycles. The Balaban J connectivity index is 2.08. The van der Waals surface area contributed by atoms with Gasteiger partial charge in [0.25, 0.3) is 0 Å². The first-order chi connectivity index (χ1) is 11.2. The van der Waals surface area contributed by atoms with Gasteiger partial charge in [0.2, 0.25) is 5.91 Å². The van der Waals surface area contributed by atoms with Crippen LogP contribution in [-0.2, 0) is 11.2 Å². The van der Waals surface area contributed by atoms with Crippen molar-refractivity contribution in [1.82, 2.24) is 9.88 Å². The van der Waals surface area contributed by atoms with Crippen molar-refractivity contribution in [2.45, 2.75) is 19.4 Å². The summed E-state index contributed by atoms with van der Waals surface area (Å²) in [6, 6.07) is 9.88. The number of carbonyl (C=O) groups is 1. The second kappa shape index (κ2) is 6.65. The maximum absolute atomic E-state index is 12.3. The molecule has 23 heavy (non-hydrogen) atoms. The summed E-state index contributed by atoms with van der Waals surface area (Å²) in [4.78, 5) is 18.4. The predicted octanol–water partition coefficient (Wildman–Crippen LogP) is 3.14. The molecule has 0 fully saturated rings. The molecule has 3 rings (SSSR count). The molecular formula is C19H20N2O2. The molecular weight excluding hydrogens is 288 g/mol. The second-order valence-electron chi connectivity index (χ2n) is 5.48. The van der Waals surface area contributed by atoms with Gasteiger partial charge in [0.05, 0.1) is 12.6 Å². The topological polar surface area (TPSA) is 42.4 Å². The first-order valence-electron chi connectivity index (χ1n) is 7.83. The zero-order chi connectivity index (χ0) is 16.2. The van der Waals surface area contributed by atoms with E-state index >= 15 is 0 Å². The Morgan fingerprint density at radius 1 is 1.43 bits per heavy atom. The standard InChI is InChI=1S/C19H20N2O2/c1-3-18(22)21(4-2)19(16-6-5-10-20-13-16)15-7-8-17-14(12-15)9-11-23-17/h3,5-8,10,12-13,19H,1,4,9,11H2,2H3. The highest BCUT2D eigenvalue weighted by Gasteiger charge is 2.26. The number of aromatic nitrogens is 1. The second-order valence-corrected chi connectivity index (χ2v) is 5.48. The minimum absolute atomic E-state index is 0.0851. The molecule has 1 unspecified atom stereocenters. The lowest BCUT2D eigenvalue weighted by atomic mass is 9.96. The third-order valence-electron chi connectivity index (χ3n) is 4.14. The van der Waals surface area contributed by atoms with E-state index in [0.29, 0.717) is 6.54 Å². The number of pyridine rings is 1. The van der Waals surface area contributed by atoms with Crippen molar-refractivity contribution < 1.29 is 9.53 Å². The van der Waals surface area contributed by atoms with Crippen LogP contribution in [0.3, 0.4) is 0 Å². The lowest BCUT2D eigenvalue weighted by Gasteiger charge is -2.31. The van der Waals surface area contributed by atoms with Crippen molar-refractivity contribution in [3.8, 4) is 5.75 Å². The molecule has 0 N–H and O–H groups in total. The highest BCUT2D eigenvalue weighted by Crippen LogP contribution is 2.33. The van der Waals surface area contributed by atoms with Gasteiger partial charge in [-0.1, -0.05) is 18.7 Å². The zero-order valence-corrected chi connectivity index (χ0v) is 13.2. The van der Waals surface area contributed by atoms with Gasteiger partial charge in [-0.25, -0.2) is 0 Å². The van der Waals surface area contributed by atoms with Crippen LogP contribution < -0.4 is 4.74 Å². The molecule has 1 aromatic carbocycles. The van der Waals surface area contributed by atoms with Gasteiger partial charge in [-0.15, -0.1) is 0 Å². The quantitative estimate of drug-likeness (QED) is 0.797. The fourth-order valence-corrected chi connectivity index (χ4v) is 3.05. The Labute approximate surface area is 136 Å². The van der Waals surface area contributed by atoms with Crippen LogP contribution in [0.5, 0.6) is 5.75 Å². The van der Waals surface area contributed by atoms with Crippen LogP contribution in [0.1, 0.15) is 29.7 Å². The summed E-state index contributed by atoms with van der Waals surface area (Å²) >= 11 is 0. The van der Waals surface area contributed by atoms with E-state index in [1.54, 1.807) is 6.20 Å². The number of likely N-dealkylation sites (N-methyl/N-ethyl adjacent to an activating group) is 1. The summed E-state index contributed by atoms with van der Waals surface area (Å²) in [7, 11) is 0. The monoisotopic (exact) mass is 308 g/mol. The largest absolute Gasteiger partial charge is 0.493 e. The fourth-order valence-electron chi connectivity index (χ4n) is 3.05. The molecule has 0 spiro atoms. The maximum Gasteiger partial charge on any atom is 0.246 e. The van der Waals surface area contributed by atoms with Crippen LogP contribution in [0, 0.1) is 0 Å². The van der Waals surface area contributed by atoms with Crippen LogP contribution in [0.2, 0.25) is 0 Å². The average molecular weight is 308 g/mol. The van der Waals surface area contributed by atoms with Crippen LogP contribution in [-0.4, -0.2) is 28.9 Å². The van der Waals surface area contributed by atoms with Crippen LogP contribution in [0.25, 0.3) is 0 Å². The number of rotatable bonds is 5. The van der Waals surface area contributed by atoms with Crippen molar-refractivity contribution in [2.24, 2.45) is 0 Å². The third-order valence-corrected chi connectivity index (χ3v) is 4.14. The van der Waals surface area contributed by atoms with Crippen LogP contribution >= 0.6 is 0 Å². The van der Waals surface area contributed by atoms with Crippen molar-refractivity contribution in [3.63, 3.8) is 0 Å².